The number of fused-ring (bicyclic) bond motifs is 1. The maximum absolute atomic E-state index is 6.32. The van der Waals surface area contributed by atoms with Crippen LogP contribution in [0.3, 0.4) is 0 Å². The molecule has 4 bridgehead atoms. The van der Waals surface area contributed by atoms with Crippen molar-refractivity contribution in [3.05, 3.63) is 17.5 Å². The third-order valence-corrected chi connectivity index (χ3v) is 6.45. The number of hydrogen-bond acceptors (Lipinski definition) is 2. The van der Waals surface area contributed by atoms with Crippen LogP contribution < -0.4 is 5.73 Å². The van der Waals surface area contributed by atoms with Gasteiger partial charge in [0.25, 0.3) is 0 Å². The second kappa shape index (κ2) is 3.63. The molecule has 5 aliphatic carbocycles. The van der Waals surface area contributed by atoms with Crippen molar-refractivity contribution >= 4 is 0 Å². The lowest BCUT2D eigenvalue weighted by Crippen LogP contribution is -2.46. The number of nitrogens with two attached hydrogens (primary N) is 1. The standard InChI is InChI=1S/C16H23N3/c17-14-2-1-11-8-18-19(16(11)14)15-12-4-9-3-10(6-12)7-13(15)5-9/h8-10,12-15H,1-7,17H2. The highest BCUT2D eigenvalue weighted by molar-refractivity contribution is 5.27. The van der Waals surface area contributed by atoms with Crippen LogP contribution in [0, 0.1) is 23.7 Å². The van der Waals surface area contributed by atoms with Gasteiger partial charge in [-0.3, -0.25) is 4.68 Å². The van der Waals surface area contributed by atoms with E-state index in [1.54, 1.807) is 0 Å². The summed E-state index contributed by atoms with van der Waals surface area (Å²) in [4.78, 5) is 0. The molecule has 1 heterocycles. The highest BCUT2D eigenvalue weighted by atomic mass is 15.3. The van der Waals surface area contributed by atoms with Crippen LogP contribution in [-0.4, -0.2) is 9.78 Å². The Kier molecular flexibility index (Phi) is 2.08. The molecular formula is C16H23N3. The quantitative estimate of drug-likeness (QED) is 0.840. The van der Waals surface area contributed by atoms with E-state index in [0.717, 1.165) is 36.5 Å². The van der Waals surface area contributed by atoms with Crippen LogP contribution in [0.2, 0.25) is 0 Å². The summed E-state index contributed by atoms with van der Waals surface area (Å²) < 4.78 is 2.39. The van der Waals surface area contributed by atoms with Crippen molar-refractivity contribution in [3.63, 3.8) is 0 Å². The Morgan fingerprint density at radius 3 is 2.42 bits per heavy atom. The molecule has 4 saturated carbocycles. The summed E-state index contributed by atoms with van der Waals surface area (Å²) in [5.74, 6) is 3.87. The molecule has 1 unspecified atom stereocenters. The molecule has 5 aliphatic rings. The Balaban J connectivity index is 1.57. The molecule has 6 rings (SSSR count). The first-order valence-corrected chi connectivity index (χ1v) is 8.11. The lowest BCUT2D eigenvalue weighted by molar-refractivity contribution is -0.0349. The van der Waals surface area contributed by atoms with Crippen molar-refractivity contribution in [1.82, 2.24) is 9.78 Å². The van der Waals surface area contributed by atoms with Crippen LogP contribution in [0.25, 0.3) is 0 Å². The molecule has 0 amide bonds. The van der Waals surface area contributed by atoms with E-state index in [1.807, 2.05) is 0 Å². The van der Waals surface area contributed by atoms with Crippen molar-refractivity contribution in [2.75, 3.05) is 0 Å². The van der Waals surface area contributed by atoms with E-state index in [0.29, 0.717) is 6.04 Å². The Bertz CT molecular complexity index is 490. The third kappa shape index (κ3) is 1.40. The largest absolute Gasteiger partial charge is 0.323 e. The number of aromatic nitrogens is 2. The molecule has 4 fully saturated rings. The second-order valence-electron chi connectivity index (χ2n) is 7.57. The minimum absolute atomic E-state index is 0.245. The van der Waals surface area contributed by atoms with Gasteiger partial charge in [-0.05, 0) is 74.2 Å². The molecule has 0 aliphatic heterocycles. The zero-order valence-electron chi connectivity index (χ0n) is 11.5. The monoisotopic (exact) mass is 257 g/mol. The number of hydrogen-bond donors (Lipinski definition) is 1. The first kappa shape index (κ1) is 10.9. The molecule has 3 heteroatoms. The lowest BCUT2D eigenvalue weighted by Gasteiger charge is -2.54. The fourth-order valence-electron chi connectivity index (χ4n) is 5.99. The van der Waals surface area contributed by atoms with Crippen LogP contribution in [0.1, 0.15) is 61.9 Å². The summed E-state index contributed by atoms with van der Waals surface area (Å²) >= 11 is 0. The summed E-state index contributed by atoms with van der Waals surface area (Å²) in [6.45, 7) is 0. The van der Waals surface area contributed by atoms with Gasteiger partial charge in [-0.15, -0.1) is 0 Å². The van der Waals surface area contributed by atoms with Gasteiger partial charge in [0.05, 0.1) is 17.9 Å². The first-order valence-electron chi connectivity index (χ1n) is 8.11. The van der Waals surface area contributed by atoms with Gasteiger partial charge in [-0.2, -0.15) is 5.10 Å². The first-order chi connectivity index (χ1) is 9.29. The molecule has 3 nitrogen and oxygen atoms in total. The predicted molar refractivity (Wildman–Crippen MR) is 73.6 cm³/mol. The Hall–Kier alpha value is -0.830. The summed E-state index contributed by atoms with van der Waals surface area (Å²) in [6, 6.07) is 0.926. The van der Waals surface area contributed by atoms with E-state index in [1.165, 1.54) is 43.4 Å². The van der Waals surface area contributed by atoms with Crippen LogP contribution in [0.5, 0.6) is 0 Å². The highest BCUT2D eigenvalue weighted by Crippen LogP contribution is 2.58. The van der Waals surface area contributed by atoms with Crippen LogP contribution in [0.15, 0.2) is 6.20 Å². The molecule has 1 aromatic heterocycles. The minimum Gasteiger partial charge on any atom is -0.323 e. The van der Waals surface area contributed by atoms with E-state index < -0.39 is 0 Å². The minimum atomic E-state index is 0.245. The summed E-state index contributed by atoms with van der Waals surface area (Å²) in [5, 5.41) is 4.77. The topological polar surface area (TPSA) is 43.8 Å². The van der Waals surface area contributed by atoms with Gasteiger partial charge in [0, 0.05) is 6.04 Å². The second-order valence-corrected chi connectivity index (χ2v) is 7.57. The Morgan fingerprint density at radius 2 is 1.74 bits per heavy atom. The fraction of sp³-hybridized carbons (Fsp3) is 0.812. The predicted octanol–water partition coefficient (Wildman–Crippen LogP) is 2.83. The molecular weight excluding hydrogens is 234 g/mol. The molecule has 0 saturated heterocycles. The maximum Gasteiger partial charge on any atom is 0.0587 e. The summed E-state index contributed by atoms with van der Waals surface area (Å²) in [5.41, 5.74) is 9.14. The molecule has 0 spiro atoms. The average Bonchev–Trinajstić information content (AvgIpc) is 2.93. The van der Waals surface area contributed by atoms with Crippen LogP contribution in [-0.2, 0) is 6.42 Å². The molecule has 1 atom stereocenters. The molecule has 102 valence electrons. The molecule has 2 N–H and O–H groups in total. The van der Waals surface area contributed by atoms with Gasteiger partial charge in [0.1, 0.15) is 0 Å². The maximum atomic E-state index is 6.32. The SMILES string of the molecule is NC1CCc2cnn(C3C4CC5CC(C4)CC3C5)c21. The van der Waals surface area contributed by atoms with Crippen molar-refractivity contribution in [2.24, 2.45) is 29.4 Å². The van der Waals surface area contributed by atoms with Crippen LogP contribution in [0.4, 0.5) is 0 Å². The van der Waals surface area contributed by atoms with Crippen molar-refractivity contribution in [2.45, 2.75) is 57.0 Å². The lowest BCUT2D eigenvalue weighted by atomic mass is 9.54. The molecule has 19 heavy (non-hydrogen) atoms. The zero-order valence-corrected chi connectivity index (χ0v) is 11.5. The van der Waals surface area contributed by atoms with Gasteiger partial charge in [-0.1, -0.05) is 0 Å². The highest BCUT2D eigenvalue weighted by Gasteiger charge is 2.50. The van der Waals surface area contributed by atoms with Gasteiger partial charge < -0.3 is 5.73 Å². The van der Waals surface area contributed by atoms with E-state index in [2.05, 4.69) is 10.9 Å². The van der Waals surface area contributed by atoms with E-state index in [9.17, 15) is 0 Å². The smallest absolute Gasteiger partial charge is 0.0587 e. The van der Waals surface area contributed by atoms with E-state index in [4.69, 9.17) is 10.8 Å². The Labute approximate surface area is 114 Å². The normalized spacial score (nSPS) is 46.8. The summed E-state index contributed by atoms with van der Waals surface area (Å²) in [6.07, 6.45) is 11.7. The fourth-order valence-corrected chi connectivity index (χ4v) is 5.99. The number of aryl methyl sites for hydroxylation is 1. The zero-order chi connectivity index (χ0) is 12.6. The molecule has 0 radical (unpaired) electrons. The number of rotatable bonds is 1. The average molecular weight is 257 g/mol. The number of nitrogens with zero attached hydrogens (tertiary/aromatic N) is 2. The van der Waals surface area contributed by atoms with Gasteiger partial charge >= 0.3 is 0 Å². The van der Waals surface area contributed by atoms with E-state index in [-0.39, 0.29) is 6.04 Å². The van der Waals surface area contributed by atoms with Crippen molar-refractivity contribution < 1.29 is 0 Å². The van der Waals surface area contributed by atoms with Gasteiger partial charge in [-0.25, -0.2) is 0 Å². The summed E-state index contributed by atoms with van der Waals surface area (Å²) in [7, 11) is 0. The third-order valence-electron chi connectivity index (χ3n) is 6.45. The molecule has 1 aromatic rings. The molecule has 0 aromatic carbocycles. The van der Waals surface area contributed by atoms with Crippen molar-refractivity contribution in [3.8, 4) is 0 Å². The van der Waals surface area contributed by atoms with Crippen molar-refractivity contribution in [1.29, 1.82) is 0 Å². The Morgan fingerprint density at radius 1 is 1.05 bits per heavy atom. The van der Waals surface area contributed by atoms with E-state index >= 15 is 0 Å². The van der Waals surface area contributed by atoms with Gasteiger partial charge in [0.15, 0.2) is 0 Å². The van der Waals surface area contributed by atoms with Gasteiger partial charge in [0.2, 0.25) is 0 Å². The van der Waals surface area contributed by atoms with Crippen LogP contribution >= 0.6 is 0 Å².